The number of carbonyl (C=O) groups is 1. The van der Waals surface area contributed by atoms with Gasteiger partial charge in [0, 0.05) is 23.3 Å². The van der Waals surface area contributed by atoms with E-state index in [0.717, 1.165) is 10.7 Å². The molecule has 0 aliphatic heterocycles. The first-order chi connectivity index (χ1) is 8.58. The van der Waals surface area contributed by atoms with Crippen LogP contribution in [0.2, 0.25) is 5.02 Å². The van der Waals surface area contributed by atoms with Gasteiger partial charge < -0.3 is 0 Å². The van der Waals surface area contributed by atoms with Crippen LogP contribution in [-0.2, 0) is 6.42 Å². The summed E-state index contributed by atoms with van der Waals surface area (Å²) in [5.74, 6) is 0.0751. The van der Waals surface area contributed by atoms with Crippen LogP contribution in [0, 0.1) is 13.8 Å². The predicted molar refractivity (Wildman–Crippen MR) is 75.7 cm³/mol. The van der Waals surface area contributed by atoms with E-state index < -0.39 is 0 Å². The van der Waals surface area contributed by atoms with Gasteiger partial charge in [-0.3, -0.25) is 4.79 Å². The SMILES string of the molecule is Cc1nc(CCC(=O)c2ccccc2Cl)sc1C. The van der Waals surface area contributed by atoms with Crippen LogP contribution >= 0.6 is 22.9 Å². The zero-order valence-corrected chi connectivity index (χ0v) is 11.9. The molecule has 0 aliphatic rings. The molecule has 94 valence electrons. The lowest BCUT2D eigenvalue weighted by Gasteiger charge is -2.01. The maximum Gasteiger partial charge on any atom is 0.164 e. The predicted octanol–water partition coefficient (Wildman–Crippen LogP) is 4.23. The summed E-state index contributed by atoms with van der Waals surface area (Å²) >= 11 is 7.66. The minimum atomic E-state index is 0.0751. The highest BCUT2D eigenvalue weighted by atomic mass is 35.5. The minimum absolute atomic E-state index is 0.0751. The number of ketones is 1. The largest absolute Gasteiger partial charge is 0.294 e. The van der Waals surface area contributed by atoms with Gasteiger partial charge >= 0.3 is 0 Å². The van der Waals surface area contributed by atoms with E-state index in [1.54, 1.807) is 23.5 Å². The van der Waals surface area contributed by atoms with E-state index in [0.29, 0.717) is 23.4 Å². The van der Waals surface area contributed by atoms with Crippen molar-refractivity contribution in [3.63, 3.8) is 0 Å². The first-order valence-electron chi connectivity index (χ1n) is 5.78. The van der Waals surface area contributed by atoms with Crippen molar-refractivity contribution in [1.29, 1.82) is 0 Å². The highest BCUT2D eigenvalue weighted by Gasteiger charge is 2.11. The quantitative estimate of drug-likeness (QED) is 0.784. The van der Waals surface area contributed by atoms with Crippen molar-refractivity contribution in [2.75, 3.05) is 0 Å². The number of benzene rings is 1. The fourth-order valence-electron chi connectivity index (χ4n) is 1.69. The van der Waals surface area contributed by atoms with Crippen molar-refractivity contribution in [3.05, 3.63) is 50.4 Å². The van der Waals surface area contributed by atoms with E-state index in [4.69, 9.17) is 11.6 Å². The number of rotatable bonds is 4. The normalized spacial score (nSPS) is 10.6. The molecule has 0 unspecified atom stereocenters. The zero-order chi connectivity index (χ0) is 13.1. The summed E-state index contributed by atoms with van der Waals surface area (Å²) in [4.78, 5) is 17.7. The monoisotopic (exact) mass is 279 g/mol. The minimum Gasteiger partial charge on any atom is -0.294 e. The van der Waals surface area contributed by atoms with Gasteiger partial charge in [0.1, 0.15) is 0 Å². The Morgan fingerprint density at radius 2 is 2.06 bits per heavy atom. The number of Topliss-reactive ketones (excluding diaryl/α,β-unsaturated/α-hetero) is 1. The number of thiazole rings is 1. The second-order valence-corrected chi connectivity index (χ2v) is 5.85. The molecule has 0 radical (unpaired) electrons. The van der Waals surface area contributed by atoms with Crippen molar-refractivity contribution in [2.24, 2.45) is 0 Å². The number of aromatic nitrogens is 1. The average molecular weight is 280 g/mol. The van der Waals surface area contributed by atoms with Gasteiger partial charge in [-0.25, -0.2) is 4.98 Å². The Labute approximate surface area is 116 Å². The Kier molecular flexibility index (Phi) is 4.15. The molecule has 2 nitrogen and oxygen atoms in total. The Morgan fingerprint density at radius 1 is 1.33 bits per heavy atom. The third kappa shape index (κ3) is 2.98. The number of hydrogen-bond donors (Lipinski definition) is 0. The van der Waals surface area contributed by atoms with Crippen LogP contribution in [0.3, 0.4) is 0 Å². The molecule has 2 rings (SSSR count). The topological polar surface area (TPSA) is 30.0 Å². The Hall–Kier alpha value is -1.19. The summed E-state index contributed by atoms with van der Waals surface area (Å²) in [5.41, 5.74) is 1.66. The second-order valence-electron chi connectivity index (χ2n) is 4.15. The molecular formula is C14H14ClNOS. The summed E-state index contributed by atoms with van der Waals surface area (Å²) < 4.78 is 0. The lowest BCUT2D eigenvalue weighted by molar-refractivity contribution is 0.0983. The number of hydrogen-bond acceptors (Lipinski definition) is 3. The Morgan fingerprint density at radius 3 is 2.67 bits per heavy atom. The molecule has 1 aromatic carbocycles. The molecule has 0 fully saturated rings. The highest BCUT2D eigenvalue weighted by molar-refractivity contribution is 7.11. The van der Waals surface area contributed by atoms with Crippen molar-refractivity contribution in [3.8, 4) is 0 Å². The first kappa shape index (κ1) is 13.2. The molecule has 18 heavy (non-hydrogen) atoms. The van der Waals surface area contributed by atoms with Gasteiger partial charge in [-0.15, -0.1) is 11.3 Å². The number of nitrogens with zero attached hydrogens (tertiary/aromatic N) is 1. The van der Waals surface area contributed by atoms with Crippen LogP contribution in [0.4, 0.5) is 0 Å². The van der Waals surface area contributed by atoms with Gasteiger partial charge in [0.25, 0.3) is 0 Å². The molecule has 0 atom stereocenters. The van der Waals surface area contributed by atoms with Crippen LogP contribution < -0.4 is 0 Å². The van der Waals surface area contributed by atoms with E-state index >= 15 is 0 Å². The summed E-state index contributed by atoms with van der Waals surface area (Å²) in [5, 5.41) is 1.54. The van der Waals surface area contributed by atoms with Crippen LogP contribution in [0.25, 0.3) is 0 Å². The number of aryl methyl sites for hydroxylation is 3. The van der Waals surface area contributed by atoms with E-state index in [2.05, 4.69) is 4.98 Å². The summed E-state index contributed by atoms with van der Waals surface area (Å²) in [7, 11) is 0. The van der Waals surface area contributed by atoms with Crippen LogP contribution in [0.15, 0.2) is 24.3 Å². The van der Waals surface area contributed by atoms with Gasteiger partial charge in [0.2, 0.25) is 0 Å². The van der Waals surface area contributed by atoms with E-state index in [9.17, 15) is 4.79 Å². The van der Waals surface area contributed by atoms with Crippen molar-refractivity contribution >= 4 is 28.7 Å². The molecule has 4 heteroatoms. The standard InChI is InChI=1S/C14H14ClNOS/c1-9-10(2)18-14(16-9)8-7-13(17)11-5-3-4-6-12(11)15/h3-6H,7-8H2,1-2H3. The van der Waals surface area contributed by atoms with Crippen LogP contribution in [0.1, 0.15) is 32.4 Å². The van der Waals surface area contributed by atoms with Crippen LogP contribution in [-0.4, -0.2) is 10.8 Å². The lowest BCUT2D eigenvalue weighted by Crippen LogP contribution is -2.01. The summed E-state index contributed by atoms with van der Waals surface area (Å²) in [6.07, 6.45) is 1.14. The molecule has 0 N–H and O–H groups in total. The van der Waals surface area contributed by atoms with E-state index in [1.165, 1.54) is 4.88 Å². The lowest BCUT2D eigenvalue weighted by atomic mass is 10.1. The molecule has 0 bridgehead atoms. The van der Waals surface area contributed by atoms with E-state index in [-0.39, 0.29) is 5.78 Å². The second kappa shape index (κ2) is 5.63. The summed E-state index contributed by atoms with van der Waals surface area (Å²) in [6, 6.07) is 7.17. The van der Waals surface area contributed by atoms with Crippen molar-refractivity contribution in [1.82, 2.24) is 4.98 Å². The average Bonchev–Trinajstić information content (AvgIpc) is 2.66. The summed E-state index contributed by atoms with van der Waals surface area (Å²) in [6.45, 7) is 4.04. The zero-order valence-electron chi connectivity index (χ0n) is 10.4. The maximum absolute atomic E-state index is 12.0. The smallest absolute Gasteiger partial charge is 0.164 e. The third-order valence-electron chi connectivity index (χ3n) is 2.81. The van der Waals surface area contributed by atoms with Gasteiger partial charge in [-0.05, 0) is 26.0 Å². The molecule has 2 aromatic rings. The van der Waals surface area contributed by atoms with E-state index in [1.807, 2.05) is 26.0 Å². The van der Waals surface area contributed by atoms with Crippen molar-refractivity contribution < 1.29 is 4.79 Å². The van der Waals surface area contributed by atoms with Gasteiger partial charge in [0.15, 0.2) is 5.78 Å². The fraction of sp³-hybridized carbons (Fsp3) is 0.286. The van der Waals surface area contributed by atoms with Crippen molar-refractivity contribution in [2.45, 2.75) is 26.7 Å². The molecular weight excluding hydrogens is 266 g/mol. The van der Waals surface area contributed by atoms with Crippen LogP contribution in [0.5, 0.6) is 0 Å². The fourth-order valence-corrected chi connectivity index (χ4v) is 2.86. The highest BCUT2D eigenvalue weighted by Crippen LogP contribution is 2.20. The number of carbonyl (C=O) groups excluding carboxylic acids is 1. The maximum atomic E-state index is 12.0. The Bertz CT molecular complexity index is 557. The molecule has 1 aromatic heterocycles. The van der Waals surface area contributed by atoms with Gasteiger partial charge in [-0.1, -0.05) is 23.7 Å². The first-order valence-corrected chi connectivity index (χ1v) is 6.98. The number of halogens is 1. The molecule has 0 saturated carbocycles. The Balaban J connectivity index is 2.03. The van der Waals surface area contributed by atoms with Gasteiger partial charge in [-0.2, -0.15) is 0 Å². The third-order valence-corrected chi connectivity index (χ3v) is 4.28. The molecule has 1 heterocycles. The molecule has 0 aliphatic carbocycles. The molecule has 0 amide bonds. The molecule has 0 saturated heterocycles. The molecule has 0 spiro atoms. The van der Waals surface area contributed by atoms with Gasteiger partial charge in [0.05, 0.1) is 15.7 Å².